The lowest BCUT2D eigenvalue weighted by atomic mass is 10.2. The molecule has 0 spiro atoms. The fraction of sp³-hybridized carbons (Fsp3) is 0.458. The van der Waals surface area contributed by atoms with E-state index in [1.807, 2.05) is 15.8 Å². The largest absolute Gasteiger partial charge is 0.459 e. The Bertz CT molecular complexity index is 1390. The van der Waals surface area contributed by atoms with Gasteiger partial charge in [-0.25, -0.2) is 0 Å². The summed E-state index contributed by atoms with van der Waals surface area (Å²) in [6.45, 7) is 4.64. The van der Waals surface area contributed by atoms with Gasteiger partial charge in [-0.1, -0.05) is 19.8 Å². The third-order valence-electron chi connectivity index (χ3n) is 6.48. The number of amides is 2. The van der Waals surface area contributed by atoms with Crippen molar-refractivity contribution in [1.82, 2.24) is 29.0 Å². The Morgan fingerprint density at radius 3 is 2.63 bits per heavy atom. The minimum absolute atomic E-state index is 0.0182. The lowest BCUT2D eigenvalue weighted by Crippen LogP contribution is -2.50. The Morgan fingerprint density at radius 1 is 1.09 bits per heavy atom. The van der Waals surface area contributed by atoms with Crippen molar-refractivity contribution in [1.29, 1.82) is 0 Å². The number of carbonyl (C=O) groups is 2. The van der Waals surface area contributed by atoms with E-state index in [1.54, 1.807) is 26.5 Å². The predicted molar refractivity (Wildman–Crippen MR) is 132 cm³/mol. The van der Waals surface area contributed by atoms with Crippen LogP contribution in [0.5, 0.6) is 0 Å². The minimum atomic E-state index is -0.151. The molecule has 10 nitrogen and oxygen atoms in total. The van der Waals surface area contributed by atoms with E-state index >= 15 is 0 Å². The number of aromatic nitrogens is 4. The van der Waals surface area contributed by atoms with Crippen LogP contribution in [0, 0.1) is 0 Å². The van der Waals surface area contributed by atoms with E-state index in [2.05, 4.69) is 17.1 Å². The first kappa shape index (κ1) is 23.3. The van der Waals surface area contributed by atoms with E-state index in [1.165, 1.54) is 17.6 Å². The lowest BCUT2D eigenvalue weighted by molar-refractivity contribution is -0.132. The first-order chi connectivity index (χ1) is 17.1. The monoisotopic (exact) mass is 496 g/mol. The van der Waals surface area contributed by atoms with E-state index in [0.29, 0.717) is 61.2 Å². The van der Waals surface area contributed by atoms with Gasteiger partial charge in [0, 0.05) is 45.6 Å². The molecule has 0 unspecified atom stereocenters. The van der Waals surface area contributed by atoms with Crippen molar-refractivity contribution in [3.8, 4) is 0 Å². The van der Waals surface area contributed by atoms with E-state index in [4.69, 9.17) is 4.42 Å². The molecule has 4 aromatic heterocycles. The van der Waals surface area contributed by atoms with E-state index in [9.17, 15) is 14.4 Å². The molecule has 0 saturated carbocycles. The molecule has 0 aliphatic carbocycles. The standard InChI is InChI=1S/C24H28N6O4S/c1-2-3-4-10-29-23(33)21-17(9-16-35-21)30-19(25-26-24(29)30)7-8-20(31)27-11-13-28(14-12-27)22(32)18-6-5-15-34-18/h5-6,9,15-16H,2-4,7-8,10-14H2,1H3. The van der Waals surface area contributed by atoms with Crippen LogP contribution in [0.4, 0.5) is 0 Å². The number of fused-ring (bicyclic) bond motifs is 3. The van der Waals surface area contributed by atoms with Crippen LogP contribution in [0.25, 0.3) is 16.0 Å². The first-order valence-corrected chi connectivity index (χ1v) is 12.9. The maximum Gasteiger partial charge on any atom is 0.289 e. The molecule has 5 rings (SSSR count). The number of furan rings is 1. The normalized spacial score (nSPS) is 14.3. The van der Waals surface area contributed by atoms with E-state index < -0.39 is 0 Å². The summed E-state index contributed by atoms with van der Waals surface area (Å²) in [6, 6.07) is 5.25. The van der Waals surface area contributed by atoms with Gasteiger partial charge in [0.05, 0.1) is 11.8 Å². The van der Waals surface area contributed by atoms with Gasteiger partial charge in [-0.2, -0.15) is 0 Å². The average Bonchev–Trinajstić information content (AvgIpc) is 3.65. The van der Waals surface area contributed by atoms with Crippen LogP contribution in [-0.4, -0.2) is 67.0 Å². The number of rotatable bonds is 8. The van der Waals surface area contributed by atoms with Crippen LogP contribution in [0.1, 0.15) is 49.0 Å². The zero-order valence-electron chi connectivity index (χ0n) is 19.7. The number of hydrogen-bond donors (Lipinski definition) is 0. The molecule has 0 aromatic carbocycles. The van der Waals surface area contributed by atoms with Gasteiger partial charge in [0.1, 0.15) is 10.5 Å². The molecule has 1 aliphatic heterocycles. The summed E-state index contributed by atoms with van der Waals surface area (Å²) in [5.41, 5.74) is 0.759. The summed E-state index contributed by atoms with van der Waals surface area (Å²) in [5.74, 6) is 1.39. The van der Waals surface area contributed by atoms with Gasteiger partial charge in [-0.05, 0) is 30.0 Å². The van der Waals surface area contributed by atoms with Crippen molar-refractivity contribution in [2.45, 2.75) is 45.6 Å². The molecule has 1 fully saturated rings. The summed E-state index contributed by atoms with van der Waals surface area (Å²) >= 11 is 1.42. The summed E-state index contributed by atoms with van der Waals surface area (Å²) in [7, 11) is 0. The SMILES string of the molecule is CCCCCn1c(=O)c2sccc2n2c(CCC(=O)N3CCN(C(=O)c4ccco4)CC3)nnc12. The second-order valence-corrected chi connectivity index (χ2v) is 9.62. The molecular formula is C24H28N6O4S. The fourth-order valence-electron chi connectivity index (χ4n) is 4.56. The molecule has 2 amide bonds. The summed E-state index contributed by atoms with van der Waals surface area (Å²) < 4.78 is 9.51. The fourth-order valence-corrected chi connectivity index (χ4v) is 5.38. The van der Waals surface area contributed by atoms with Crippen molar-refractivity contribution in [3.05, 3.63) is 51.8 Å². The predicted octanol–water partition coefficient (Wildman–Crippen LogP) is 2.81. The molecule has 0 radical (unpaired) electrons. The van der Waals surface area contributed by atoms with Crippen LogP contribution >= 0.6 is 11.3 Å². The third-order valence-corrected chi connectivity index (χ3v) is 7.37. The maximum atomic E-state index is 13.0. The quantitative estimate of drug-likeness (QED) is 0.347. The molecule has 5 heterocycles. The Morgan fingerprint density at radius 2 is 1.89 bits per heavy atom. The first-order valence-electron chi connectivity index (χ1n) is 12.0. The molecule has 0 N–H and O–H groups in total. The number of hydrogen-bond acceptors (Lipinski definition) is 7. The molecule has 1 aliphatic rings. The van der Waals surface area contributed by atoms with Crippen LogP contribution in [-0.2, 0) is 17.8 Å². The maximum absolute atomic E-state index is 13.0. The van der Waals surface area contributed by atoms with Crippen LogP contribution in [0.2, 0.25) is 0 Å². The van der Waals surface area contributed by atoms with E-state index in [0.717, 1.165) is 24.8 Å². The highest BCUT2D eigenvalue weighted by Gasteiger charge is 2.26. The van der Waals surface area contributed by atoms with Gasteiger partial charge in [0.15, 0.2) is 5.76 Å². The Hall–Kier alpha value is -3.47. The highest BCUT2D eigenvalue weighted by Crippen LogP contribution is 2.21. The van der Waals surface area contributed by atoms with Crippen LogP contribution in [0.3, 0.4) is 0 Å². The second-order valence-electron chi connectivity index (χ2n) is 8.70. The van der Waals surface area contributed by atoms with Gasteiger partial charge in [0.25, 0.3) is 11.5 Å². The van der Waals surface area contributed by atoms with E-state index in [-0.39, 0.29) is 23.8 Å². The number of piperazine rings is 1. The smallest absolute Gasteiger partial charge is 0.289 e. The van der Waals surface area contributed by atoms with Crippen molar-refractivity contribution in [2.24, 2.45) is 0 Å². The highest BCUT2D eigenvalue weighted by molar-refractivity contribution is 7.17. The summed E-state index contributed by atoms with van der Waals surface area (Å²) in [4.78, 5) is 41.9. The Labute approximate surface area is 205 Å². The molecule has 0 bridgehead atoms. The molecule has 11 heteroatoms. The zero-order chi connectivity index (χ0) is 24.4. The van der Waals surface area contributed by atoms with Gasteiger partial charge in [0.2, 0.25) is 11.7 Å². The molecule has 1 saturated heterocycles. The summed E-state index contributed by atoms with van der Waals surface area (Å²) in [5, 5.41) is 10.6. The van der Waals surface area contributed by atoms with Crippen LogP contribution in [0.15, 0.2) is 39.1 Å². The Balaban J connectivity index is 1.28. The van der Waals surface area contributed by atoms with Crippen molar-refractivity contribution in [3.63, 3.8) is 0 Å². The number of carbonyl (C=O) groups excluding carboxylic acids is 2. The molecule has 0 atom stereocenters. The number of nitrogens with zero attached hydrogens (tertiary/aromatic N) is 6. The summed E-state index contributed by atoms with van der Waals surface area (Å²) in [6.07, 6.45) is 5.19. The second kappa shape index (κ2) is 10.0. The van der Waals surface area contributed by atoms with Crippen LogP contribution < -0.4 is 5.56 Å². The van der Waals surface area contributed by atoms with Crippen molar-refractivity contribution >= 4 is 39.1 Å². The molecule has 184 valence electrons. The van der Waals surface area contributed by atoms with Gasteiger partial charge < -0.3 is 14.2 Å². The van der Waals surface area contributed by atoms with Gasteiger partial charge >= 0.3 is 0 Å². The molecule has 4 aromatic rings. The average molecular weight is 497 g/mol. The molecule has 35 heavy (non-hydrogen) atoms. The number of aryl methyl sites for hydroxylation is 2. The van der Waals surface area contributed by atoms with Crippen molar-refractivity contribution < 1.29 is 14.0 Å². The van der Waals surface area contributed by atoms with Gasteiger partial charge in [-0.3, -0.25) is 23.4 Å². The highest BCUT2D eigenvalue weighted by atomic mass is 32.1. The Kier molecular flexibility index (Phi) is 6.67. The lowest BCUT2D eigenvalue weighted by Gasteiger charge is -2.34. The minimum Gasteiger partial charge on any atom is -0.459 e. The van der Waals surface area contributed by atoms with Crippen molar-refractivity contribution in [2.75, 3.05) is 26.2 Å². The number of unbranched alkanes of at least 4 members (excludes halogenated alkanes) is 2. The number of thiophene rings is 1. The zero-order valence-corrected chi connectivity index (χ0v) is 20.5. The topological polar surface area (TPSA) is 106 Å². The van der Waals surface area contributed by atoms with Gasteiger partial charge in [-0.15, -0.1) is 21.5 Å². The molecular weight excluding hydrogens is 468 g/mol. The third kappa shape index (κ3) is 4.47.